The fraction of sp³-hybridized carbons (Fsp3) is 0.316. The number of anilines is 1. The summed E-state index contributed by atoms with van der Waals surface area (Å²) in [6, 6.07) is 9.19. The summed E-state index contributed by atoms with van der Waals surface area (Å²) in [5, 5.41) is 27.7. The van der Waals surface area contributed by atoms with Crippen LogP contribution in [0.15, 0.2) is 42.5 Å². The first-order valence-corrected chi connectivity index (χ1v) is 9.04. The molecule has 0 spiro atoms. The molecule has 1 atom stereocenters. The number of carbonyl (C=O) groups excluding carboxylic acids is 1. The molecular formula is C19H22FN5O5. The van der Waals surface area contributed by atoms with Gasteiger partial charge in [0.05, 0.1) is 15.9 Å². The number of halogens is 1. The topological polar surface area (TPSA) is 131 Å². The first-order valence-electron chi connectivity index (χ1n) is 9.04. The minimum atomic E-state index is -1.24. The zero-order valence-electron chi connectivity index (χ0n) is 16.5. The van der Waals surface area contributed by atoms with E-state index in [1.807, 2.05) is 19.0 Å². The fourth-order valence-corrected chi connectivity index (χ4v) is 2.73. The van der Waals surface area contributed by atoms with Gasteiger partial charge in [-0.15, -0.1) is 0 Å². The van der Waals surface area contributed by atoms with Crippen LogP contribution in [0, 0.1) is 26.0 Å². The lowest BCUT2D eigenvalue weighted by molar-refractivity contribution is -0.395. The summed E-state index contributed by atoms with van der Waals surface area (Å²) in [5.74, 6) is -1.67. The molecule has 0 aliphatic rings. The highest BCUT2D eigenvalue weighted by atomic mass is 19.1. The van der Waals surface area contributed by atoms with Gasteiger partial charge >= 0.3 is 5.69 Å². The van der Waals surface area contributed by atoms with Crippen molar-refractivity contribution in [1.82, 2.24) is 10.2 Å². The minimum absolute atomic E-state index is 0.171. The van der Waals surface area contributed by atoms with Gasteiger partial charge in [0.15, 0.2) is 0 Å². The van der Waals surface area contributed by atoms with E-state index >= 15 is 0 Å². The Morgan fingerprint density at radius 2 is 1.73 bits per heavy atom. The van der Waals surface area contributed by atoms with E-state index in [1.54, 1.807) is 30.3 Å². The largest absolute Gasteiger partial charge is 0.368 e. The van der Waals surface area contributed by atoms with E-state index in [0.29, 0.717) is 25.2 Å². The van der Waals surface area contributed by atoms with Gasteiger partial charge in [0.25, 0.3) is 5.69 Å². The van der Waals surface area contributed by atoms with Crippen molar-refractivity contribution in [3.63, 3.8) is 0 Å². The maximum absolute atomic E-state index is 14.1. The Kier molecular flexibility index (Phi) is 7.76. The van der Waals surface area contributed by atoms with Gasteiger partial charge in [-0.25, -0.2) is 0 Å². The Hall–Kier alpha value is -3.60. The van der Waals surface area contributed by atoms with Gasteiger partial charge in [-0.05, 0) is 19.7 Å². The number of carbonyl (C=O) groups is 1. The first kappa shape index (κ1) is 22.7. The monoisotopic (exact) mass is 419 g/mol. The zero-order valence-corrected chi connectivity index (χ0v) is 16.5. The molecule has 1 amide bonds. The highest BCUT2D eigenvalue weighted by Crippen LogP contribution is 2.32. The smallest absolute Gasteiger partial charge is 0.311 e. The fourth-order valence-electron chi connectivity index (χ4n) is 2.73. The average Bonchev–Trinajstić information content (AvgIpc) is 2.67. The average molecular weight is 419 g/mol. The lowest BCUT2D eigenvalue weighted by Gasteiger charge is -2.20. The minimum Gasteiger partial charge on any atom is -0.368 e. The second-order valence-corrected chi connectivity index (χ2v) is 6.82. The van der Waals surface area contributed by atoms with E-state index in [4.69, 9.17) is 0 Å². The van der Waals surface area contributed by atoms with Crippen LogP contribution in [0.4, 0.5) is 21.5 Å². The van der Waals surface area contributed by atoms with Crippen molar-refractivity contribution >= 4 is 23.0 Å². The van der Waals surface area contributed by atoms with E-state index < -0.39 is 39.0 Å². The Bertz CT molecular complexity index is 923. The lowest BCUT2D eigenvalue weighted by Crippen LogP contribution is -2.43. The summed E-state index contributed by atoms with van der Waals surface area (Å²) >= 11 is 0. The second kappa shape index (κ2) is 10.3. The van der Waals surface area contributed by atoms with Crippen LogP contribution in [0.25, 0.3) is 0 Å². The van der Waals surface area contributed by atoms with Crippen LogP contribution in [0.1, 0.15) is 5.56 Å². The van der Waals surface area contributed by atoms with Crippen molar-refractivity contribution in [2.45, 2.75) is 12.5 Å². The first-order chi connectivity index (χ1) is 14.2. The molecule has 0 radical (unpaired) electrons. The molecule has 30 heavy (non-hydrogen) atoms. The van der Waals surface area contributed by atoms with Gasteiger partial charge in [-0.2, -0.15) is 4.39 Å². The number of rotatable bonds is 10. The quantitative estimate of drug-likeness (QED) is 0.446. The number of nitro benzene ring substituents is 2. The van der Waals surface area contributed by atoms with Gasteiger partial charge < -0.3 is 15.5 Å². The number of benzene rings is 2. The van der Waals surface area contributed by atoms with E-state index in [-0.39, 0.29) is 12.1 Å². The molecule has 10 nitrogen and oxygen atoms in total. The Morgan fingerprint density at radius 1 is 1.10 bits per heavy atom. The summed E-state index contributed by atoms with van der Waals surface area (Å²) in [6.07, 6.45) is 0.171. The summed E-state index contributed by atoms with van der Waals surface area (Å²) in [4.78, 5) is 35.0. The van der Waals surface area contributed by atoms with Crippen molar-refractivity contribution < 1.29 is 19.0 Å². The summed E-state index contributed by atoms with van der Waals surface area (Å²) in [7, 11) is 3.68. The third-order valence-electron chi connectivity index (χ3n) is 4.25. The van der Waals surface area contributed by atoms with Crippen molar-refractivity contribution in [3.8, 4) is 0 Å². The van der Waals surface area contributed by atoms with Gasteiger partial charge in [0, 0.05) is 25.6 Å². The number of amides is 1. The van der Waals surface area contributed by atoms with Crippen LogP contribution in [0.2, 0.25) is 0 Å². The highest BCUT2D eigenvalue weighted by Gasteiger charge is 2.28. The van der Waals surface area contributed by atoms with Crippen molar-refractivity contribution in [1.29, 1.82) is 0 Å². The molecule has 0 bridgehead atoms. The predicted molar refractivity (Wildman–Crippen MR) is 109 cm³/mol. The number of nitrogens with one attached hydrogen (secondary N) is 2. The Labute approximate surface area is 172 Å². The van der Waals surface area contributed by atoms with E-state index in [1.165, 1.54) is 0 Å². The third-order valence-corrected chi connectivity index (χ3v) is 4.25. The molecule has 0 unspecified atom stereocenters. The second-order valence-electron chi connectivity index (χ2n) is 6.82. The number of nitro groups is 2. The standard InChI is InChI=1S/C19H22FN5O5/c1-23(2)9-8-21-19(26)16(10-13-6-4-3-5-7-13)22-15-11-14(20)17(24(27)28)12-18(15)25(29)30/h3-7,11-12,16,22H,8-10H2,1-2H3,(H,21,26)/t16-/m0/s1. The lowest BCUT2D eigenvalue weighted by atomic mass is 10.0. The molecule has 160 valence electrons. The van der Waals surface area contributed by atoms with Crippen LogP contribution in [-0.2, 0) is 11.2 Å². The number of likely N-dealkylation sites (N-methyl/N-ethyl adjacent to an activating group) is 1. The highest BCUT2D eigenvalue weighted by molar-refractivity contribution is 5.86. The van der Waals surface area contributed by atoms with Gasteiger partial charge in [0.2, 0.25) is 11.7 Å². The molecule has 11 heteroatoms. The van der Waals surface area contributed by atoms with Crippen LogP contribution in [-0.4, -0.2) is 53.9 Å². The van der Waals surface area contributed by atoms with E-state index in [9.17, 15) is 29.4 Å². The molecule has 2 aromatic carbocycles. The molecule has 2 N–H and O–H groups in total. The molecule has 0 aliphatic carbocycles. The van der Waals surface area contributed by atoms with Gasteiger partial charge in [-0.1, -0.05) is 30.3 Å². The van der Waals surface area contributed by atoms with E-state index in [2.05, 4.69) is 10.6 Å². The zero-order chi connectivity index (χ0) is 22.3. The maximum Gasteiger partial charge on any atom is 0.311 e. The van der Waals surface area contributed by atoms with Crippen molar-refractivity contribution in [2.75, 3.05) is 32.5 Å². The number of nitrogens with zero attached hydrogens (tertiary/aromatic N) is 3. The van der Waals surface area contributed by atoms with Crippen LogP contribution >= 0.6 is 0 Å². The van der Waals surface area contributed by atoms with E-state index in [0.717, 1.165) is 5.56 Å². The summed E-state index contributed by atoms with van der Waals surface area (Å²) in [5.41, 5.74) is -1.24. The van der Waals surface area contributed by atoms with Crippen LogP contribution < -0.4 is 10.6 Å². The molecule has 0 aromatic heterocycles. The molecule has 0 saturated heterocycles. The summed E-state index contributed by atoms with van der Waals surface area (Å²) < 4.78 is 14.1. The Morgan fingerprint density at radius 3 is 2.30 bits per heavy atom. The molecule has 2 rings (SSSR count). The maximum atomic E-state index is 14.1. The van der Waals surface area contributed by atoms with Gasteiger partial charge in [0.1, 0.15) is 11.7 Å². The summed E-state index contributed by atoms with van der Waals surface area (Å²) in [6.45, 7) is 0.922. The molecule has 0 fully saturated rings. The SMILES string of the molecule is CN(C)CCNC(=O)[C@H](Cc1ccccc1)Nc1cc(F)c([N+](=O)[O-])cc1[N+](=O)[O-]. The third kappa shape index (κ3) is 6.21. The molecule has 0 heterocycles. The molecule has 2 aromatic rings. The normalized spacial score (nSPS) is 11.7. The van der Waals surface area contributed by atoms with Crippen LogP contribution in [0.5, 0.6) is 0 Å². The predicted octanol–water partition coefficient (Wildman–Crippen LogP) is 2.34. The number of hydrogen-bond donors (Lipinski definition) is 2. The van der Waals surface area contributed by atoms with Crippen molar-refractivity contribution in [2.24, 2.45) is 0 Å². The molecule has 0 aliphatic heterocycles. The van der Waals surface area contributed by atoms with Gasteiger partial charge in [-0.3, -0.25) is 25.0 Å². The molecule has 0 saturated carbocycles. The Balaban J connectivity index is 2.34. The molecular weight excluding hydrogens is 397 g/mol. The van der Waals surface area contributed by atoms with Crippen molar-refractivity contribution in [3.05, 3.63) is 74.1 Å². The number of hydrogen-bond acceptors (Lipinski definition) is 7. The van der Waals surface area contributed by atoms with Crippen LogP contribution in [0.3, 0.4) is 0 Å².